The number of benzene rings is 1. The minimum absolute atomic E-state index is 0.111. The van der Waals surface area contributed by atoms with E-state index in [0.717, 1.165) is 4.88 Å². The molecule has 3 nitrogen and oxygen atoms in total. The summed E-state index contributed by atoms with van der Waals surface area (Å²) in [7, 11) is 0. The highest BCUT2D eigenvalue weighted by atomic mass is 32.1. The molecule has 0 saturated heterocycles. The SMILES string of the molecule is C/C(=C\c1cccs1)C(=O)NCC(=O)c1ccc(F)cc1. The van der Waals surface area contributed by atoms with Gasteiger partial charge >= 0.3 is 0 Å². The van der Waals surface area contributed by atoms with E-state index in [1.807, 2.05) is 17.5 Å². The van der Waals surface area contributed by atoms with Gasteiger partial charge in [-0.15, -0.1) is 11.3 Å². The van der Waals surface area contributed by atoms with Crippen molar-refractivity contribution in [2.24, 2.45) is 0 Å². The molecule has 0 fully saturated rings. The van der Waals surface area contributed by atoms with Crippen LogP contribution in [0.25, 0.3) is 6.08 Å². The third kappa shape index (κ3) is 4.36. The van der Waals surface area contributed by atoms with Crippen LogP contribution in [0, 0.1) is 5.82 Å². The fraction of sp³-hybridized carbons (Fsp3) is 0.125. The Morgan fingerprint density at radius 1 is 1.24 bits per heavy atom. The van der Waals surface area contributed by atoms with Gasteiger partial charge in [-0.2, -0.15) is 0 Å². The van der Waals surface area contributed by atoms with E-state index in [2.05, 4.69) is 5.32 Å². The van der Waals surface area contributed by atoms with Crippen molar-refractivity contribution in [3.05, 3.63) is 63.6 Å². The van der Waals surface area contributed by atoms with Crippen LogP contribution < -0.4 is 5.32 Å². The molecular weight excluding hydrogens is 289 g/mol. The van der Waals surface area contributed by atoms with Crippen molar-refractivity contribution in [2.75, 3.05) is 6.54 Å². The molecule has 1 aromatic heterocycles. The molecule has 0 unspecified atom stereocenters. The lowest BCUT2D eigenvalue weighted by molar-refractivity contribution is -0.117. The van der Waals surface area contributed by atoms with Crippen LogP contribution in [0.3, 0.4) is 0 Å². The quantitative estimate of drug-likeness (QED) is 0.680. The van der Waals surface area contributed by atoms with E-state index in [-0.39, 0.29) is 18.2 Å². The molecule has 1 aromatic carbocycles. The fourth-order valence-corrected chi connectivity index (χ4v) is 2.41. The van der Waals surface area contributed by atoms with Crippen LogP contribution in [-0.2, 0) is 4.79 Å². The normalized spacial score (nSPS) is 11.2. The molecular formula is C16H14FNO2S. The third-order valence-corrected chi connectivity index (χ3v) is 3.66. The first kappa shape index (κ1) is 15.1. The van der Waals surface area contributed by atoms with Crippen molar-refractivity contribution in [3.8, 4) is 0 Å². The van der Waals surface area contributed by atoms with Crippen molar-refractivity contribution in [2.45, 2.75) is 6.92 Å². The fourth-order valence-electron chi connectivity index (χ4n) is 1.69. The van der Waals surface area contributed by atoms with Crippen molar-refractivity contribution in [3.63, 3.8) is 0 Å². The number of amides is 1. The number of rotatable bonds is 5. The molecule has 2 aromatic rings. The molecule has 1 heterocycles. The first-order chi connectivity index (χ1) is 10.1. The van der Waals surface area contributed by atoms with Gasteiger partial charge in [-0.3, -0.25) is 9.59 Å². The van der Waals surface area contributed by atoms with E-state index >= 15 is 0 Å². The van der Waals surface area contributed by atoms with Gasteiger partial charge < -0.3 is 5.32 Å². The van der Waals surface area contributed by atoms with Gasteiger partial charge in [0.05, 0.1) is 6.54 Å². The predicted octanol–water partition coefficient (Wildman–Crippen LogP) is 3.29. The monoisotopic (exact) mass is 303 g/mol. The molecule has 0 aliphatic carbocycles. The molecule has 5 heteroatoms. The van der Waals surface area contributed by atoms with Gasteiger partial charge in [-0.05, 0) is 48.7 Å². The highest BCUT2D eigenvalue weighted by Crippen LogP contribution is 2.13. The van der Waals surface area contributed by atoms with E-state index in [0.29, 0.717) is 11.1 Å². The summed E-state index contributed by atoms with van der Waals surface area (Å²) in [5.41, 5.74) is 0.904. The van der Waals surface area contributed by atoms with Crippen molar-refractivity contribution in [1.82, 2.24) is 5.32 Å². The van der Waals surface area contributed by atoms with E-state index in [1.54, 1.807) is 13.0 Å². The minimum Gasteiger partial charge on any atom is -0.345 e. The van der Waals surface area contributed by atoms with Crippen LogP contribution in [0.15, 0.2) is 47.4 Å². The summed E-state index contributed by atoms with van der Waals surface area (Å²) in [5.74, 6) is -0.948. The zero-order chi connectivity index (χ0) is 15.2. The summed E-state index contributed by atoms with van der Waals surface area (Å²) >= 11 is 1.53. The predicted molar refractivity (Wildman–Crippen MR) is 81.7 cm³/mol. The second-order valence-corrected chi connectivity index (χ2v) is 5.43. The van der Waals surface area contributed by atoms with Gasteiger partial charge in [-0.25, -0.2) is 4.39 Å². The molecule has 0 atom stereocenters. The average Bonchev–Trinajstić information content (AvgIpc) is 2.98. The summed E-state index contributed by atoms with van der Waals surface area (Å²) in [6.45, 7) is 1.58. The number of nitrogens with one attached hydrogen (secondary N) is 1. The number of carbonyl (C=O) groups excluding carboxylic acids is 2. The second kappa shape index (κ2) is 6.95. The van der Waals surface area contributed by atoms with E-state index in [1.165, 1.54) is 35.6 Å². The summed E-state index contributed by atoms with van der Waals surface area (Å²) in [6.07, 6.45) is 1.77. The topological polar surface area (TPSA) is 46.2 Å². The molecule has 21 heavy (non-hydrogen) atoms. The van der Waals surface area contributed by atoms with Gasteiger partial charge in [0, 0.05) is 16.0 Å². The Hall–Kier alpha value is -2.27. The smallest absolute Gasteiger partial charge is 0.247 e. The lowest BCUT2D eigenvalue weighted by atomic mass is 10.1. The van der Waals surface area contributed by atoms with Gasteiger partial charge in [0.1, 0.15) is 5.82 Å². The Morgan fingerprint density at radius 3 is 2.57 bits per heavy atom. The molecule has 0 saturated carbocycles. The Balaban J connectivity index is 1.91. The maximum atomic E-state index is 12.8. The van der Waals surface area contributed by atoms with Crippen molar-refractivity contribution in [1.29, 1.82) is 0 Å². The minimum atomic E-state index is -0.398. The number of ketones is 1. The van der Waals surface area contributed by atoms with Crippen LogP contribution in [0.5, 0.6) is 0 Å². The zero-order valence-corrected chi connectivity index (χ0v) is 12.2. The lowest BCUT2D eigenvalue weighted by Crippen LogP contribution is -2.30. The second-order valence-electron chi connectivity index (χ2n) is 4.46. The molecule has 0 aliphatic rings. The Kier molecular flexibility index (Phi) is 5.00. The summed E-state index contributed by atoms with van der Waals surface area (Å²) in [4.78, 5) is 24.7. The molecule has 2 rings (SSSR count). The summed E-state index contributed by atoms with van der Waals surface area (Å²) in [6, 6.07) is 9.05. The van der Waals surface area contributed by atoms with Gasteiger partial charge in [0.25, 0.3) is 0 Å². The number of hydrogen-bond acceptors (Lipinski definition) is 3. The lowest BCUT2D eigenvalue weighted by Gasteiger charge is -2.05. The molecule has 0 aliphatic heterocycles. The van der Waals surface area contributed by atoms with E-state index in [9.17, 15) is 14.0 Å². The highest BCUT2D eigenvalue weighted by molar-refractivity contribution is 7.10. The van der Waals surface area contributed by atoms with Crippen LogP contribution in [0.1, 0.15) is 22.2 Å². The maximum absolute atomic E-state index is 12.8. The van der Waals surface area contributed by atoms with Crippen molar-refractivity contribution >= 4 is 29.1 Å². The zero-order valence-electron chi connectivity index (χ0n) is 11.4. The molecule has 0 radical (unpaired) electrons. The van der Waals surface area contributed by atoms with E-state index < -0.39 is 5.82 Å². The highest BCUT2D eigenvalue weighted by Gasteiger charge is 2.09. The van der Waals surface area contributed by atoms with Crippen LogP contribution in [0.4, 0.5) is 4.39 Å². The van der Waals surface area contributed by atoms with Crippen LogP contribution in [0.2, 0.25) is 0 Å². The Morgan fingerprint density at radius 2 is 1.95 bits per heavy atom. The number of halogens is 1. The molecule has 0 spiro atoms. The van der Waals surface area contributed by atoms with Gasteiger partial charge in [0.2, 0.25) is 5.91 Å². The maximum Gasteiger partial charge on any atom is 0.247 e. The van der Waals surface area contributed by atoms with Crippen LogP contribution in [-0.4, -0.2) is 18.2 Å². The molecule has 0 bridgehead atoms. The first-order valence-electron chi connectivity index (χ1n) is 6.35. The van der Waals surface area contributed by atoms with Gasteiger partial charge in [-0.1, -0.05) is 6.07 Å². The number of carbonyl (C=O) groups is 2. The van der Waals surface area contributed by atoms with Crippen molar-refractivity contribution < 1.29 is 14.0 Å². The summed E-state index contributed by atoms with van der Waals surface area (Å²) in [5, 5.41) is 4.49. The first-order valence-corrected chi connectivity index (χ1v) is 7.23. The number of thiophene rings is 1. The van der Waals surface area contributed by atoms with Gasteiger partial charge in [0.15, 0.2) is 5.78 Å². The van der Waals surface area contributed by atoms with E-state index in [4.69, 9.17) is 0 Å². The summed E-state index contributed by atoms with van der Waals surface area (Å²) < 4.78 is 12.8. The molecule has 1 N–H and O–H groups in total. The Labute approximate surface area is 126 Å². The van der Waals surface area contributed by atoms with Crippen LogP contribution >= 0.6 is 11.3 Å². The number of hydrogen-bond donors (Lipinski definition) is 1. The molecule has 1 amide bonds. The third-order valence-electron chi connectivity index (χ3n) is 2.84. The standard InChI is InChI=1S/C16H14FNO2S/c1-11(9-14-3-2-8-21-14)16(20)18-10-15(19)12-4-6-13(17)7-5-12/h2-9H,10H2,1H3,(H,18,20)/b11-9+. The average molecular weight is 303 g/mol. The number of Topliss-reactive ketones (excluding diaryl/α,β-unsaturated/α-hetero) is 1. The molecule has 108 valence electrons. The Bertz CT molecular complexity index is 660. The largest absolute Gasteiger partial charge is 0.345 e.